The molecule has 0 fully saturated rings. The second kappa shape index (κ2) is 6.33. The van der Waals surface area contributed by atoms with E-state index in [9.17, 15) is 9.18 Å². The Kier molecular flexibility index (Phi) is 4.26. The van der Waals surface area contributed by atoms with Crippen LogP contribution in [0, 0.1) is 5.95 Å². The molecule has 0 saturated carbocycles. The van der Waals surface area contributed by atoms with Gasteiger partial charge in [-0.1, -0.05) is 28.1 Å². The number of benzene rings is 1. The molecule has 0 unspecified atom stereocenters. The number of carbonyl (C=O) groups excluding carboxylic acids is 1. The van der Waals surface area contributed by atoms with E-state index in [0.717, 1.165) is 21.8 Å². The SMILES string of the molecule is O=C(Nc1nc(-c2cccc(Br)c2)cs1)c1ccnc(F)c1. The number of anilines is 1. The molecule has 1 amide bonds. The van der Waals surface area contributed by atoms with Gasteiger partial charge in [0.1, 0.15) is 0 Å². The van der Waals surface area contributed by atoms with Gasteiger partial charge in [-0.3, -0.25) is 10.1 Å². The predicted octanol–water partition coefficient (Wildman–Crippen LogP) is 4.36. The van der Waals surface area contributed by atoms with Gasteiger partial charge in [0.05, 0.1) is 5.69 Å². The monoisotopic (exact) mass is 377 g/mol. The van der Waals surface area contributed by atoms with Crippen molar-refractivity contribution in [1.82, 2.24) is 9.97 Å². The zero-order chi connectivity index (χ0) is 15.5. The Morgan fingerprint density at radius 1 is 1.27 bits per heavy atom. The molecule has 1 aromatic carbocycles. The highest BCUT2D eigenvalue weighted by Crippen LogP contribution is 2.27. The van der Waals surface area contributed by atoms with Gasteiger partial charge in [0, 0.05) is 33.2 Å². The largest absolute Gasteiger partial charge is 0.298 e. The minimum atomic E-state index is -0.693. The maximum Gasteiger partial charge on any atom is 0.257 e. The normalized spacial score (nSPS) is 10.5. The molecule has 0 aliphatic carbocycles. The van der Waals surface area contributed by atoms with Gasteiger partial charge in [-0.05, 0) is 18.2 Å². The number of amides is 1. The lowest BCUT2D eigenvalue weighted by Crippen LogP contribution is -2.12. The van der Waals surface area contributed by atoms with Gasteiger partial charge in [0.2, 0.25) is 5.95 Å². The predicted molar refractivity (Wildman–Crippen MR) is 87.4 cm³/mol. The first-order valence-corrected chi connectivity index (χ1v) is 7.93. The molecule has 4 nitrogen and oxygen atoms in total. The van der Waals surface area contributed by atoms with E-state index in [2.05, 4.69) is 31.2 Å². The van der Waals surface area contributed by atoms with Gasteiger partial charge < -0.3 is 0 Å². The molecule has 7 heteroatoms. The molecule has 2 heterocycles. The Labute approximate surface area is 138 Å². The summed E-state index contributed by atoms with van der Waals surface area (Å²) < 4.78 is 14.0. The number of aromatic nitrogens is 2. The molecule has 110 valence electrons. The van der Waals surface area contributed by atoms with Gasteiger partial charge >= 0.3 is 0 Å². The van der Waals surface area contributed by atoms with Crippen LogP contribution in [0.3, 0.4) is 0 Å². The van der Waals surface area contributed by atoms with E-state index < -0.39 is 11.9 Å². The molecular weight excluding hydrogens is 369 g/mol. The van der Waals surface area contributed by atoms with Crippen molar-refractivity contribution in [1.29, 1.82) is 0 Å². The van der Waals surface area contributed by atoms with E-state index in [-0.39, 0.29) is 5.56 Å². The molecule has 3 aromatic rings. The van der Waals surface area contributed by atoms with Gasteiger partial charge in [-0.15, -0.1) is 11.3 Å². The highest BCUT2D eigenvalue weighted by molar-refractivity contribution is 9.10. The fraction of sp³-hybridized carbons (Fsp3) is 0. The van der Waals surface area contributed by atoms with Crippen LogP contribution in [0.25, 0.3) is 11.3 Å². The Hall–Kier alpha value is -2.12. The van der Waals surface area contributed by atoms with Crippen molar-refractivity contribution in [2.75, 3.05) is 5.32 Å². The summed E-state index contributed by atoms with van der Waals surface area (Å²) in [6.07, 6.45) is 1.25. The van der Waals surface area contributed by atoms with Crippen LogP contribution in [0.2, 0.25) is 0 Å². The molecule has 0 aliphatic rings. The third kappa shape index (κ3) is 3.37. The van der Waals surface area contributed by atoms with Crippen LogP contribution in [0.4, 0.5) is 9.52 Å². The molecule has 1 N–H and O–H groups in total. The summed E-state index contributed by atoms with van der Waals surface area (Å²) in [5, 5.41) is 4.96. The van der Waals surface area contributed by atoms with Gasteiger partial charge in [-0.25, -0.2) is 9.97 Å². The van der Waals surface area contributed by atoms with Crippen molar-refractivity contribution >= 4 is 38.3 Å². The zero-order valence-electron chi connectivity index (χ0n) is 11.1. The summed E-state index contributed by atoms with van der Waals surface area (Å²) in [6.45, 7) is 0. The number of nitrogens with zero attached hydrogens (tertiary/aromatic N) is 2. The zero-order valence-corrected chi connectivity index (χ0v) is 13.5. The fourth-order valence-corrected chi connectivity index (χ4v) is 2.94. The van der Waals surface area contributed by atoms with Gasteiger partial charge in [0.15, 0.2) is 5.13 Å². The molecule has 0 spiro atoms. The van der Waals surface area contributed by atoms with Crippen LogP contribution in [-0.2, 0) is 0 Å². The van der Waals surface area contributed by atoms with E-state index >= 15 is 0 Å². The van der Waals surface area contributed by atoms with Crippen molar-refractivity contribution in [3.8, 4) is 11.3 Å². The first-order chi connectivity index (χ1) is 10.6. The Morgan fingerprint density at radius 3 is 2.91 bits per heavy atom. The smallest absolute Gasteiger partial charge is 0.257 e. The topological polar surface area (TPSA) is 54.9 Å². The summed E-state index contributed by atoms with van der Waals surface area (Å²) in [5.41, 5.74) is 1.91. The van der Waals surface area contributed by atoms with E-state index in [0.29, 0.717) is 5.13 Å². The second-order valence-corrected chi connectivity index (χ2v) is 6.14. The molecule has 0 bridgehead atoms. The van der Waals surface area contributed by atoms with Gasteiger partial charge in [-0.2, -0.15) is 4.39 Å². The molecule has 0 aliphatic heterocycles. The summed E-state index contributed by atoms with van der Waals surface area (Å²) in [5.74, 6) is -1.11. The molecule has 2 aromatic heterocycles. The third-order valence-corrected chi connectivity index (χ3v) is 4.08. The molecule has 3 rings (SSSR count). The first kappa shape index (κ1) is 14.8. The van der Waals surface area contributed by atoms with Crippen LogP contribution in [-0.4, -0.2) is 15.9 Å². The maximum atomic E-state index is 13.0. The lowest BCUT2D eigenvalue weighted by Gasteiger charge is -2.01. The van der Waals surface area contributed by atoms with E-state index in [1.165, 1.54) is 23.6 Å². The highest BCUT2D eigenvalue weighted by Gasteiger charge is 2.11. The van der Waals surface area contributed by atoms with Crippen LogP contribution in [0.15, 0.2) is 52.4 Å². The Morgan fingerprint density at radius 2 is 2.14 bits per heavy atom. The van der Waals surface area contributed by atoms with Crippen LogP contribution in [0.5, 0.6) is 0 Å². The van der Waals surface area contributed by atoms with Crippen LogP contribution in [0.1, 0.15) is 10.4 Å². The summed E-state index contributed by atoms with van der Waals surface area (Å²) >= 11 is 4.72. The van der Waals surface area contributed by atoms with E-state index in [1.807, 2.05) is 29.6 Å². The first-order valence-electron chi connectivity index (χ1n) is 6.26. The molecular formula is C15H9BrFN3OS. The van der Waals surface area contributed by atoms with Crippen molar-refractivity contribution in [2.24, 2.45) is 0 Å². The fourth-order valence-electron chi connectivity index (χ4n) is 1.82. The number of hydrogen-bond acceptors (Lipinski definition) is 4. The number of pyridine rings is 1. The molecule has 22 heavy (non-hydrogen) atoms. The number of carbonyl (C=O) groups is 1. The lowest BCUT2D eigenvalue weighted by molar-refractivity contribution is 0.102. The Balaban J connectivity index is 1.78. The number of halogens is 2. The van der Waals surface area contributed by atoms with Crippen LogP contribution >= 0.6 is 27.3 Å². The average molecular weight is 378 g/mol. The Bertz CT molecular complexity index is 837. The van der Waals surface area contributed by atoms with Crippen molar-refractivity contribution in [3.05, 3.63) is 64.0 Å². The highest BCUT2D eigenvalue weighted by atomic mass is 79.9. The quantitative estimate of drug-likeness (QED) is 0.689. The standard InChI is InChI=1S/C15H9BrFN3OS/c16-11-3-1-2-9(6-11)12-8-22-15(19-12)20-14(21)10-4-5-18-13(17)7-10/h1-8H,(H,19,20,21). The van der Waals surface area contributed by atoms with Crippen molar-refractivity contribution < 1.29 is 9.18 Å². The van der Waals surface area contributed by atoms with Crippen molar-refractivity contribution in [3.63, 3.8) is 0 Å². The minimum Gasteiger partial charge on any atom is -0.298 e. The lowest BCUT2D eigenvalue weighted by atomic mass is 10.2. The maximum absolute atomic E-state index is 13.0. The molecule has 0 radical (unpaired) electrons. The van der Waals surface area contributed by atoms with Gasteiger partial charge in [0.25, 0.3) is 5.91 Å². The summed E-state index contributed by atoms with van der Waals surface area (Å²) in [7, 11) is 0. The average Bonchev–Trinajstić information content (AvgIpc) is 2.96. The van der Waals surface area contributed by atoms with E-state index in [4.69, 9.17) is 0 Å². The number of thiazole rings is 1. The number of nitrogens with one attached hydrogen (secondary N) is 1. The van der Waals surface area contributed by atoms with Crippen molar-refractivity contribution in [2.45, 2.75) is 0 Å². The second-order valence-electron chi connectivity index (χ2n) is 4.37. The molecule has 0 atom stereocenters. The van der Waals surface area contributed by atoms with Crippen LogP contribution < -0.4 is 5.32 Å². The minimum absolute atomic E-state index is 0.201. The summed E-state index contributed by atoms with van der Waals surface area (Å²) in [4.78, 5) is 19.8. The van der Waals surface area contributed by atoms with E-state index in [1.54, 1.807) is 0 Å². The summed E-state index contributed by atoms with van der Waals surface area (Å²) in [6, 6.07) is 10.2. The number of hydrogen-bond donors (Lipinski definition) is 1. The third-order valence-electron chi connectivity index (χ3n) is 2.83. The number of rotatable bonds is 3. The molecule has 0 saturated heterocycles.